The summed E-state index contributed by atoms with van der Waals surface area (Å²) in [5, 5.41) is 0. The van der Waals surface area contributed by atoms with Gasteiger partial charge in [0, 0.05) is 5.69 Å². The van der Waals surface area contributed by atoms with Crippen LogP contribution in [0.2, 0.25) is 0 Å². The van der Waals surface area contributed by atoms with E-state index >= 15 is 0 Å². The summed E-state index contributed by atoms with van der Waals surface area (Å²) in [5.74, 6) is 0.700. The molecule has 2 fully saturated rings. The number of hydrogen-bond donors (Lipinski definition) is 1. The first kappa shape index (κ1) is 19.5. The number of hydrogen-bond acceptors (Lipinski definition) is 4. The molecule has 2 amide bonds. The number of benzene rings is 2. The van der Waals surface area contributed by atoms with Gasteiger partial charge in [0.25, 0.3) is 5.91 Å². The Balaban J connectivity index is 1.43. The molecule has 2 aromatic rings. The van der Waals surface area contributed by atoms with E-state index in [1.54, 1.807) is 7.11 Å². The standard InChI is InChI=1S/C23H27N3O3/c1-16-4-9-20(17(2)14-16)26-22(27)15-21(23(26)28)25-12-10-24(11-13-25)18-5-7-19(29-3)8-6-18/h4-9,14,21H,10-13,15H2,1-3H3/p+1/t21-/m1/s1. The van der Waals surface area contributed by atoms with Crippen LogP contribution in [0.1, 0.15) is 17.5 Å². The number of nitrogens with zero attached hydrogens (tertiary/aromatic N) is 2. The molecule has 6 nitrogen and oxygen atoms in total. The molecule has 152 valence electrons. The number of aryl methyl sites for hydroxylation is 2. The van der Waals surface area contributed by atoms with Crippen LogP contribution in [0.5, 0.6) is 5.75 Å². The third-order valence-electron chi connectivity index (χ3n) is 6.08. The van der Waals surface area contributed by atoms with Crippen molar-refractivity contribution in [3.05, 3.63) is 53.6 Å². The number of amides is 2. The zero-order chi connectivity index (χ0) is 20.5. The monoisotopic (exact) mass is 394 g/mol. The Morgan fingerprint density at radius 1 is 1.00 bits per heavy atom. The molecule has 2 aliphatic heterocycles. The van der Waals surface area contributed by atoms with E-state index in [0.29, 0.717) is 6.42 Å². The van der Waals surface area contributed by atoms with Gasteiger partial charge >= 0.3 is 0 Å². The third kappa shape index (κ3) is 3.72. The summed E-state index contributed by atoms with van der Waals surface area (Å²) < 4.78 is 5.23. The number of carbonyl (C=O) groups excluding carboxylic acids is 2. The van der Waals surface area contributed by atoms with Crippen LogP contribution in [0.3, 0.4) is 0 Å². The van der Waals surface area contributed by atoms with Gasteiger partial charge in [-0.05, 0) is 49.7 Å². The third-order valence-corrected chi connectivity index (χ3v) is 6.08. The number of piperazine rings is 1. The molecule has 0 spiro atoms. The maximum absolute atomic E-state index is 13.1. The number of rotatable bonds is 4. The predicted molar refractivity (Wildman–Crippen MR) is 113 cm³/mol. The Labute approximate surface area is 171 Å². The summed E-state index contributed by atoms with van der Waals surface area (Å²) in [6.45, 7) is 7.38. The van der Waals surface area contributed by atoms with Gasteiger partial charge in [0.15, 0.2) is 6.04 Å². The number of carbonyl (C=O) groups is 2. The Hall–Kier alpha value is -2.86. The maximum atomic E-state index is 13.1. The van der Waals surface area contributed by atoms with E-state index in [-0.39, 0.29) is 17.9 Å². The lowest BCUT2D eigenvalue weighted by Crippen LogP contribution is -3.19. The first-order chi connectivity index (χ1) is 14.0. The van der Waals surface area contributed by atoms with Gasteiger partial charge in [0.05, 0.1) is 45.4 Å². The number of nitrogens with one attached hydrogen (secondary N) is 1. The van der Waals surface area contributed by atoms with Crippen molar-refractivity contribution in [1.29, 1.82) is 0 Å². The van der Waals surface area contributed by atoms with Crippen LogP contribution in [0.4, 0.5) is 11.4 Å². The Bertz CT molecular complexity index is 917. The molecular weight excluding hydrogens is 366 g/mol. The topological polar surface area (TPSA) is 54.3 Å². The molecule has 4 rings (SSSR count). The Morgan fingerprint density at radius 3 is 2.31 bits per heavy atom. The number of methoxy groups -OCH3 is 1. The van der Waals surface area contributed by atoms with Crippen molar-refractivity contribution in [2.75, 3.05) is 43.1 Å². The van der Waals surface area contributed by atoms with Crippen molar-refractivity contribution >= 4 is 23.2 Å². The van der Waals surface area contributed by atoms with Crippen LogP contribution in [0.25, 0.3) is 0 Å². The van der Waals surface area contributed by atoms with E-state index in [4.69, 9.17) is 4.74 Å². The summed E-state index contributed by atoms with van der Waals surface area (Å²) >= 11 is 0. The molecule has 0 radical (unpaired) electrons. The Kier molecular flexibility index (Phi) is 5.28. The number of quaternary nitrogens is 1. The molecule has 2 heterocycles. The van der Waals surface area contributed by atoms with Gasteiger partial charge in [0.2, 0.25) is 5.91 Å². The lowest BCUT2D eigenvalue weighted by Gasteiger charge is -2.35. The van der Waals surface area contributed by atoms with Crippen molar-refractivity contribution in [3.63, 3.8) is 0 Å². The highest BCUT2D eigenvalue weighted by atomic mass is 16.5. The van der Waals surface area contributed by atoms with Gasteiger partial charge in [-0.1, -0.05) is 17.7 Å². The second-order valence-corrected chi connectivity index (χ2v) is 7.96. The predicted octanol–water partition coefficient (Wildman–Crippen LogP) is 1.35. The second kappa shape index (κ2) is 7.87. The van der Waals surface area contributed by atoms with Gasteiger partial charge in [-0.25, -0.2) is 4.90 Å². The smallest absolute Gasteiger partial charge is 0.292 e. The van der Waals surface area contributed by atoms with Gasteiger partial charge < -0.3 is 14.5 Å². The van der Waals surface area contributed by atoms with Crippen molar-refractivity contribution in [1.82, 2.24) is 0 Å². The average molecular weight is 394 g/mol. The first-order valence-corrected chi connectivity index (χ1v) is 10.2. The van der Waals surface area contributed by atoms with Gasteiger partial charge in [-0.15, -0.1) is 0 Å². The van der Waals surface area contributed by atoms with Crippen LogP contribution in [0, 0.1) is 13.8 Å². The fourth-order valence-corrected chi connectivity index (χ4v) is 4.45. The summed E-state index contributed by atoms with van der Waals surface area (Å²) in [5.41, 5.74) is 3.98. The van der Waals surface area contributed by atoms with Crippen LogP contribution < -0.4 is 19.4 Å². The average Bonchev–Trinajstić information content (AvgIpc) is 3.02. The minimum Gasteiger partial charge on any atom is -0.497 e. The van der Waals surface area contributed by atoms with E-state index < -0.39 is 0 Å². The van der Waals surface area contributed by atoms with Crippen LogP contribution in [0.15, 0.2) is 42.5 Å². The molecule has 0 unspecified atom stereocenters. The number of ether oxygens (including phenoxy) is 1. The van der Waals surface area contributed by atoms with Crippen LogP contribution >= 0.6 is 0 Å². The normalized spacial score (nSPS) is 20.4. The quantitative estimate of drug-likeness (QED) is 0.796. The minimum atomic E-state index is -0.277. The van der Waals surface area contributed by atoms with Crippen LogP contribution in [-0.4, -0.2) is 51.1 Å². The van der Waals surface area contributed by atoms with Gasteiger partial charge in [-0.3, -0.25) is 9.59 Å². The summed E-state index contributed by atoms with van der Waals surface area (Å²) in [7, 11) is 1.67. The van der Waals surface area contributed by atoms with Gasteiger partial charge in [0.1, 0.15) is 5.75 Å². The van der Waals surface area contributed by atoms with E-state index in [0.717, 1.165) is 54.4 Å². The van der Waals surface area contributed by atoms with Crippen molar-refractivity contribution in [2.24, 2.45) is 0 Å². The van der Waals surface area contributed by atoms with Crippen molar-refractivity contribution in [3.8, 4) is 5.75 Å². The van der Waals surface area contributed by atoms with E-state index in [2.05, 4.69) is 17.0 Å². The van der Waals surface area contributed by atoms with E-state index in [1.807, 2.05) is 44.2 Å². The number of anilines is 2. The first-order valence-electron chi connectivity index (χ1n) is 10.2. The summed E-state index contributed by atoms with van der Waals surface area (Å²) in [4.78, 5) is 30.8. The van der Waals surface area contributed by atoms with Crippen molar-refractivity contribution in [2.45, 2.75) is 26.3 Å². The second-order valence-electron chi connectivity index (χ2n) is 7.96. The van der Waals surface area contributed by atoms with E-state index in [9.17, 15) is 9.59 Å². The van der Waals surface area contributed by atoms with Gasteiger partial charge in [-0.2, -0.15) is 0 Å². The lowest BCUT2D eigenvalue weighted by atomic mass is 10.1. The zero-order valence-corrected chi connectivity index (χ0v) is 17.3. The molecular formula is C23H28N3O3+. The molecule has 0 aromatic heterocycles. The fourth-order valence-electron chi connectivity index (χ4n) is 4.45. The molecule has 0 bridgehead atoms. The fraction of sp³-hybridized carbons (Fsp3) is 0.391. The molecule has 6 heteroatoms. The molecule has 29 heavy (non-hydrogen) atoms. The molecule has 1 atom stereocenters. The van der Waals surface area contributed by atoms with Crippen molar-refractivity contribution < 1.29 is 19.2 Å². The largest absolute Gasteiger partial charge is 0.497 e. The Morgan fingerprint density at radius 2 is 1.69 bits per heavy atom. The zero-order valence-electron chi connectivity index (χ0n) is 17.3. The minimum absolute atomic E-state index is 0.0603. The maximum Gasteiger partial charge on any atom is 0.292 e. The SMILES string of the molecule is COc1ccc(N2CC[NH+]([C@@H]3CC(=O)N(c4ccc(C)cc4C)C3=O)CC2)cc1. The molecule has 0 aliphatic carbocycles. The molecule has 2 saturated heterocycles. The highest BCUT2D eigenvalue weighted by Gasteiger charge is 2.46. The lowest BCUT2D eigenvalue weighted by molar-refractivity contribution is -0.915. The summed E-state index contributed by atoms with van der Waals surface area (Å²) in [6, 6.07) is 13.7. The summed E-state index contributed by atoms with van der Waals surface area (Å²) in [6.07, 6.45) is 0.296. The molecule has 1 N–H and O–H groups in total. The highest BCUT2D eigenvalue weighted by Crippen LogP contribution is 2.26. The highest BCUT2D eigenvalue weighted by molar-refractivity contribution is 6.22. The number of imide groups is 1. The van der Waals surface area contributed by atoms with Crippen LogP contribution in [-0.2, 0) is 9.59 Å². The van der Waals surface area contributed by atoms with E-state index in [1.165, 1.54) is 9.80 Å². The molecule has 2 aromatic carbocycles. The molecule has 0 saturated carbocycles. The molecule has 2 aliphatic rings.